The number of methoxy groups -OCH3 is 1. The van der Waals surface area contributed by atoms with Crippen LogP contribution in [0.25, 0.3) is 0 Å². The summed E-state index contributed by atoms with van der Waals surface area (Å²) in [4.78, 5) is 16.6. The van der Waals surface area contributed by atoms with Gasteiger partial charge in [0.2, 0.25) is 0 Å². The molecule has 5 nitrogen and oxygen atoms in total. The Labute approximate surface area is 127 Å². The summed E-state index contributed by atoms with van der Waals surface area (Å²) in [5.74, 6) is -0.269. The standard InChI is InChI=1S/C16H27N3O2/c1-12(2)19-7-6-18(9-13(19)3)11-15-8-14(10-17(15)4)16(20)21-5/h8,10,12-13H,6-7,9,11H2,1-5H3/t13-/m1/s1. The van der Waals surface area contributed by atoms with Crippen molar-refractivity contribution < 1.29 is 9.53 Å². The van der Waals surface area contributed by atoms with E-state index in [1.54, 1.807) is 0 Å². The zero-order valence-electron chi connectivity index (χ0n) is 13.8. The van der Waals surface area contributed by atoms with E-state index in [4.69, 9.17) is 4.74 Å². The summed E-state index contributed by atoms with van der Waals surface area (Å²) in [6.07, 6.45) is 1.84. The highest BCUT2D eigenvalue weighted by atomic mass is 16.5. The highest BCUT2D eigenvalue weighted by Crippen LogP contribution is 2.17. The second kappa shape index (κ2) is 6.62. The van der Waals surface area contributed by atoms with Crippen molar-refractivity contribution in [3.05, 3.63) is 23.5 Å². The first-order chi connectivity index (χ1) is 9.92. The van der Waals surface area contributed by atoms with Gasteiger partial charge in [-0.25, -0.2) is 4.79 Å². The van der Waals surface area contributed by atoms with Gasteiger partial charge in [-0.15, -0.1) is 0 Å². The number of ether oxygens (including phenoxy) is 1. The zero-order valence-corrected chi connectivity index (χ0v) is 13.8. The Bertz CT molecular complexity index is 496. The highest BCUT2D eigenvalue weighted by molar-refractivity contribution is 5.89. The van der Waals surface area contributed by atoms with E-state index in [9.17, 15) is 4.79 Å². The van der Waals surface area contributed by atoms with Crippen LogP contribution in [0.3, 0.4) is 0 Å². The van der Waals surface area contributed by atoms with Gasteiger partial charge in [-0.1, -0.05) is 0 Å². The SMILES string of the molecule is COC(=O)c1cc(CN2CCN(C(C)C)[C@H](C)C2)n(C)c1. The molecule has 2 rings (SSSR count). The van der Waals surface area contributed by atoms with Crippen molar-refractivity contribution in [1.29, 1.82) is 0 Å². The Balaban J connectivity index is 2.00. The molecule has 21 heavy (non-hydrogen) atoms. The number of hydrogen-bond donors (Lipinski definition) is 0. The van der Waals surface area contributed by atoms with Crippen LogP contribution in [0.2, 0.25) is 0 Å². The average molecular weight is 293 g/mol. The average Bonchev–Trinajstić information content (AvgIpc) is 2.79. The molecular weight excluding hydrogens is 266 g/mol. The predicted octanol–water partition coefficient (Wildman–Crippen LogP) is 1.73. The first-order valence-corrected chi connectivity index (χ1v) is 7.64. The molecule has 0 spiro atoms. The Morgan fingerprint density at radius 3 is 2.71 bits per heavy atom. The molecule has 1 saturated heterocycles. The molecule has 0 saturated carbocycles. The molecule has 0 aliphatic carbocycles. The zero-order chi connectivity index (χ0) is 15.6. The number of piperazine rings is 1. The fourth-order valence-corrected chi connectivity index (χ4v) is 3.18. The van der Waals surface area contributed by atoms with Gasteiger partial charge in [0.05, 0.1) is 12.7 Å². The number of hydrogen-bond acceptors (Lipinski definition) is 4. The van der Waals surface area contributed by atoms with Crippen LogP contribution < -0.4 is 0 Å². The summed E-state index contributed by atoms with van der Waals surface area (Å²) >= 11 is 0. The molecule has 2 heterocycles. The molecule has 1 aliphatic heterocycles. The Morgan fingerprint density at radius 2 is 2.14 bits per heavy atom. The molecule has 1 fully saturated rings. The lowest BCUT2D eigenvalue weighted by atomic mass is 10.1. The largest absolute Gasteiger partial charge is 0.465 e. The van der Waals surface area contributed by atoms with Crippen molar-refractivity contribution in [1.82, 2.24) is 14.4 Å². The van der Waals surface area contributed by atoms with E-state index in [1.807, 2.05) is 23.9 Å². The molecule has 1 atom stereocenters. The van der Waals surface area contributed by atoms with Crippen LogP contribution in [0, 0.1) is 0 Å². The summed E-state index contributed by atoms with van der Waals surface area (Å²) < 4.78 is 6.80. The molecule has 0 amide bonds. The number of esters is 1. The Hall–Kier alpha value is -1.33. The molecule has 0 radical (unpaired) electrons. The third-order valence-electron chi connectivity index (χ3n) is 4.34. The minimum Gasteiger partial charge on any atom is -0.465 e. The van der Waals surface area contributed by atoms with Crippen molar-refractivity contribution in [2.24, 2.45) is 7.05 Å². The van der Waals surface area contributed by atoms with Crippen molar-refractivity contribution in [2.75, 3.05) is 26.7 Å². The Morgan fingerprint density at radius 1 is 1.43 bits per heavy atom. The van der Waals surface area contributed by atoms with Gasteiger partial charge < -0.3 is 9.30 Å². The maximum absolute atomic E-state index is 11.6. The van der Waals surface area contributed by atoms with Crippen molar-refractivity contribution in [2.45, 2.75) is 39.4 Å². The van der Waals surface area contributed by atoms with E-state index in [2.05, 4.69) is 30.6 Å². The minimum atomic E-state index is -0.269. The number of carbonyl (C=O) groups is 1. The van der Waals surface area contributed by atoms with E-state index >= 15 is 0 Å². The number of carbonyl (C=O) groups excluding carboxylic acids is 1. The first-order valence-electron chi connectivity index (χ1n) is 7.64. The molecule has 1 aliphatic rings. The second-order valence-corrected chi connectivity index (χ2v) is 6.24. The maximum Gasteiger partial charge on any atom is 0.339 e. The number of aryl methyl sites for hydroxylation is 1. The quantitative estimate of drug-likeness (QED) is 0.792. The smallest absolute Gasteiger partial charge is 0.339 e. The van der Waals surface area contributed by atoms with E-state index < -0.39 is 0 Å². The van der Waals surface area contributed by atoms with Crippen molar-refractivity contribution >= 4 is 5.97 Å². The van der Waals surface area contributed by atoms with E-state index in [0.717, 1.165) is 31.9 Å². The summed E-state index contributed by atoms with van der Waals surface area (Å²) in [5, 5.41) is 0. The van der Waals surface area contributed by atoms with Gasteiger partial charge in [0.25, 0.3) is 0 Å². The number of aromatic nitrogens is 1. The lowest BCUT2D eigenvalue weighted by Gasteiger charge is -2.42. The van der Waals surface area contributed by atoms with Crippen LogP contribution in [-0.2, 0) is 18.3 Å². The molecule has 118 valence electrons. The van der Waals surface area contributed by atoms with Crippen LogP contribution in [-0.4, -0.2) is 59.2 Å². The Kier molecular flexibility index (Phi) is 5.06. The van der Waals surface area contributed by atoms with Gasteiger partial charge in [-0.2, -0.15) is 0 Å². The monoisotopic (exact) mass is 293 g/mol. The van der Waals surface area contributed by atoms with Gasteiger partial charge in [0.15, 0.2) is 0 Å². The molecule has 0 bridgehead atoms. The van der Waals surface area contributed by atoms with Gasteiger partial charge >= 0.3 is 5.97 Å². The lowest BCUT2D eigenvalue weighted by Crippen LogP contribution is -2.53. The topological polar surface area (TPSA) is 37.7 Å². The van der Waals surface area contributed by atoms with Crippen molar-refractivity contribution in [3.63, 3.8) is 0 Å². The van der Waals surface area contributed by atoms with Crippen LogP contribution in [0.15, 0.2) is 12.3 Å². The molecule has 5 heteroatoms. The van der Waals surface area contributed by atoms with Gasteiger partial charge in [-0.3, -0.25) is 9.80 Å². The molecule has 1 aromatic heterocycles. The fraction of sp³-hybridized carbons (Fsp3) is 0.688. The summed E-state index contributed by atoms with van der Waals surface area (Å²) in [6.45, 7) is 10.9. The molecule has 1 aromatic rings. The minimum absolute atomic E-state index is 0.269. The number of rotatable bonds is 4. The normalized spacial score (nSPS) is 21.0. The predicted molar refractivity (Wildman–Crippen MR) is 83.3 cm³/mol. The van der Waals surface area contributed by atoms with E-state index in [0.29, 0.717) is 17.6 Å². The van der Waals surface area contributed by atoms with Crippen LogP contribution >= 0.6 is 0 Å². The van der Waals surface area contributed by atoms with Crippen LogP contribution in [0.4, 0.5) is 0 Å². The van der Waals surface area contributed by atoms with Crippen molar-refractivity contribution in [3.8, 4) is 0 Å². The van der Waals surface area contributed by atoms with Crippen LogP contribution in [0.1, 0.15) is 36.8 Å². The fourth-order valence-electron chi connectivity index (χ4n) is 3.18. The third-order valence-corrected chi connectivity index (χ3v) is 4.34. The third kappa shape index (κ3) is 3.66. The van der Waals surface area contributed by atoms with Crippen LogP contribution in [0.5, 0.6) is 0 Å². The highest BCUT2D eigenvalue weighted by Gasteiger charge is 2.25. The maximum atomic E-state index is 11.6. The summed E-state index contributed by atoms with van der Waals surface area (Å²) in [5.41, 5.74) is 1.78. The van der Waals surface area contributed by atoms with E-state index in [1.165, 1.54) is 7.11 Å². The van der Waals surface area contributed by atoms with Gasteiger partial charge in [-0.05, 0) is 26.8 Å². The second-order valence-electron chi connectivity index (χ2n) is 6.24. The van der Waals surface area contributed by atoms with E-state index in [-0.39, 0.29) is 5.97 Å². The molecule has 0 aromatic carbocycles. The lowest BCUT2D eigenvalue weighted by molar-refractivity contribution is 0.0553. The van der Waals surface area contributed by atoms with Gasteiger partial charge in [0.1, 0.15) is 0 Å². The summed E-state index contributed by atoms with van der Waals surface area (Å²) in [7, 11) is 3.40. The van der Waals surface area contributed by atoms with Gasteiger partial charge in [0, 0.05) is 57.2 Å². The summed E-state index contributed by atoms with van der Waals surface area (Å²) in [6, 6.07) is 3.10. The molecular formula is C16H27N3O2. The number of nitrogens with zero attached hydrogens (tertiary/aromatic N) is 3. The molecule has 0 unspecified atom stereocenters. The first kappa shape index (κ1) is 16.0. The molecule has 0 N–H and O–H groups in total.